The van der Waals surface area contributed by atoms with Crippen molar-refractivity contribution < 1.29 is 14.6 Å². The highest BCUT2D eigenvalue weighted by atomic mass is 16.5. The van der Waals surface area contributed by atoms with E-state index in [1.54, 1.807) is 24.4 Å². The normalized spacial score (nSPS) is 18.8. The van der Waals surface area contributed by atoms with Gasteiger partial charge < -0.3 is 25.2 Å². The summed E-state index contributed by atoms with van der Waals surface area (Å²) in [4.78, 5) is 2.42. The average Bonchev–Trinajstić information content (AvgIpc) is 2.89. The van der Waals surface area contributed by atoms with Gasteiger partial charge in [-0.25, -0.2) is 0 Å². The molecule has 8 nitrogen and oxygen atoms in total. The summed E-state index contributed by atoms with van der Waals surface area (Å²) in [5, 5.41) is 28.1. The van der Waals surface area contributed by atoms with Crippen molar-refractivity contribution in [1.82, 2.24) is 15.1 Å². The Hall–Kier alpha value is -3.49. The Kier molecular flexibility index (Phi) is 6.88. The van der Waals surface area contributed by atoms with E-state index in [0.717, 1.165) is 54.9 Å². The number of benzene rings is 2. The summed E-state index contributed by atoms with van der Waals surface area (Å²) in [6.45, 7) is 9.42. The standard InChI is InChI=1S/C29H35N5O3/c1-4-34-11-9-29(10-12-34)15-26(35)23-13-20(5-8-27(23)37-29)28(31)22-14-21(6-7-25(22)30)36-17-24-18(2)16-32-33-19(24)3/h5-8,13-14,16,26,31,35H,4,9-12,15,17,30H2,1-3H3. The predicted octanol–water partition coefficient (Wildman–Crippen LogP) is 4.34. The fourth-order valence-corrected chi connectivity index (χ4v) is 5.37. The lowest BCUT2D eigenvalue weighted by molar-refractivity contribution is -0.0531. The molecule has 1 spiro atoms. The molecular weight excluding hydrogens is 466 g/mol. The van der Waals surface area contributed by atoms with Crippen molar-refractivity contribution in [3.63, 3.8) is 0 Å². The second-order valence-electron chi connectivity index (χ2n) is 10.2. The van der Waals surface area contributed by atoms with Crippen LogP contribution >= 0.6 is 0 Å². The van der Waals surface area contributed by atoms with Crippen LogP contribution in [0.25, 0.3) is 0 Å². The molecule has 37 heavy (non-hydrogen) atoms. The summed E-state index contributed by atoms with van der Waals surface area (Å²) < 4.78 is 12.5. The number of nitrogens with one attached hydrogen (secondary N) is 1. The van der Waals surface area contributed by atoms with E-state index in [4.69, 9.17) is 20.6 Å². The number of aromatic nitrogens is 2. The first-order valence-corrected chi connectivity index (χ1v) is 12.9. The van der Waals surface area contributed by atoms with Gasteiger partial charge in [0.25, 0.3) is 0 Å². The Morgan fingerprint density at radius 2 is 2.00 bits per heavy atom. The molecular formula is C29H35N5O3. The van der Waals surface area contributed by atoms with Gasteiger partial charge in [0, 0.05) is 47.5 Å². The zero-order valence-electron chi connectivity index (χ0n) is 21.8. The van der Waals surface area contributed by atoms with Gasteiger partial charge in [0.2, 0.25) is 0 Å². The van der Waals surface area contributed by atoms with Gasteiger partial charge in [-0.2, -0.15) is 10.2 Å². The second-order valence-corrected chi connectivity index (χ2v) is 10.2. The topological polar surface area (TPSA) is 118 Å². The van der Waals surface area contributed by atoms with Crippen LogP contribution in [0.1, 0.15) is 65.8 Å². The highest BCUT2D eigenvalue weighted by Crippen LogP contribution is 2.44. The summed E-state index contributed by atoms with van der Waals surface area (Å²) in [6.07, 6.45) is 3.49. The fraction of sp³-hybridized carbons (Fsp3) is 0.414. The number of anilines is 1. The van der Waals surface area contributed by atoms with E-state index in [2.05, 4.69) is 22.0 Å². The Morgan fingerprint density at radius 3 is 2.73 bits per heavy atom. The number of aliphatic hydroxyl groups is 1. The van der Waals surface area contributed by atoms with Gasteiger partial charge in [-0.3, -0.25) is 5.41 Å². The minimum atomic E-state index is -0.628. The number of aryl methyl sites for hydroxylation is 2. The first-order valence-electron chi connectivity index (χ1n) is 12.9. The van der Waals surface area contributed by atoms with E-state index >= 15 is 0 Å². The summed E-state index contributed by atoms with van der Waals surface area (Å²) >= 11 is 0. The number of piperidine rings is 1. The van der Waals surface area contributed by atoms with Crippen LogP contribution in [0.4, 0.5) is 5.69 Å². The number of likely N-dealkylation sites (tertiary alicyclic amines) is 1. The van der Waals surface area contributed by atoms with Crippen LogP contribution in [0.15, 0.2) is 42.6 Å². The lowest BCUT2D eigenvalue weighted by Crippen LogP contribution is -2.50. The van der Waals surface area contributed by atoms with E-state index < -0.39 is 6.10 Å². The molecule has 0 bridgehead atoms. The number of nitrogen functional groups attached to an aromatic ring is 1. The molecule has 2 aliphatic heterocycles. The van der Waals surface area contributed by atoms with E-state index in [1.165, 1.54) is 0 Å². The van der Waals surface area contributed by atoms with Crippen molar-refractivity contribution in [2.24, 2.45) is 0 Å². The first-order chi connectivity index (χ1) is 17.8. The molecule has 0 radical (unpaired) electrons. The molecule has 0 saturated carbocycles. The van der Waals surface area contributed by atoms with E-state index in [0.29, 0.717) is 41.3 Å². The summed E-state index contributed by atoms with van der Waals surface area (Å²) in [5.41, 5.74) is 11.5. The maximum Gasteiger partial charge on any atom is 0.125 e. The van der Waals surface area contributed by atoms with Gasteiger partial charge >= 0.3 is 0 Å². The third-order valence-electron chi connectivity index (χ3n) is 7.81. The summed E-state index contributed by atoms with van der Waals surface area (Å²) in [5.74, 6) is 1.33. The monoisotopic (exact) mass is 501 g/mol. The third-order valence-corrected chi connectivity index (χ3v) is 7.81. The molecule has 0 aliphatic carbocycles. The number of rotatable bonds is 6. The molecule has 1 unspecified atom stereocenters. The molecule has 3 aromatic rings. The molecule has 1 saturated heterocycles. The van der Waals surface area contributed by atoms with E-state index in [9.17, 15) is 5.11 Å². The summed E-state index contributed by atoms with van der Waals surface area (Å²) in [7, 11) is 0. The van der Waals surface area contributed by atoms with Crippen molar-refractivity contribution >= 4 is 11.4 Å². The average molecular weight is 502 g/mol. The number of nitrogens with zero attached hydrogens (tertiary/aromatic N) is 3. The fourth-order valence-electron chi connectivity index (χ4n) is 5.37. The van der Waals surface area contributed by atoms with Crippen LogP contribution in [-0.4, -0.2) is 51.2 Å². The largest absolute Gasteiger partial charge is 0.489 e. The van der Waals surface area contributed by atoms with Crippen molar-refractivity contribution in [3.05, 3.63) is 76.1 Å². The maximum atomic E-state index is 11.1. The number of nitrogens with two attached hydrogens (primary N) is 1. The van der Waals surface area contributed by atoms with Crippen LogP contribution < -0.4 is 15.2 Å². The summed E-state index contributed by atoms with van der Waals surface area (Å²) in [6, 6.07) is 11.0. The van der Waals surface area contributed by atoms with E-state index in [1.807, 2.05) is 32.0 Å². The number of aliphatic hydroxyl groups excluding tert-OH is 1. The van der Waals surface area contributed by atoms with Gasteiger partial charge in [0.15, 0.2) is 0 Å². The van der Waals surface area contributed by atoms with Crippen LogP contribution in [0.5, 0.6) is 11.5 Å². The van der Waals surface area contributed by atoms with Crippen molar-refractivity contribution in [1.29, 1.82) is 5.41 Å². The van der Waals surface area contributed by atoms with Crippen LogP contribution in [0.2, 0.25) is 0 Å². The van der Waals surface area contributed by atoms with Crippen molar-refractivity contribution in [2.75, 3.05) is 25.4 Å². The van der Waals surface area contributed by atoms with Crippen molar-refractivity contribution in [3.8, 4) is 11.5 Å². The molecule has 8 heteroatoms. The Labute approximate surface area is 217 Å². The zero-order valence-corrected chi connectivity index (χ0v) is 21.8. The minimum absolute atomic E-state index is 0.271. The lowest BCUT2D eigenvalue weighted by Gasteiger charge is -2.45. The van der Waals surface area contributed by atoms with Gasteiger partial charge in [-0.1, -0.05) is 6.92 Å². The van der Waals surface area contributed by atoms with Gasteiger partial charge in [0.1, 0.15) is 23.7 Å². The smallest absolute Gasteiger partial charge is 0.125 e. The third kappa shape index (κ3) is 5.04. The minimum Gasteiger partial charge on any atom is -0.489 e. The molecule has 5 rings (SSSR count). The zero-order chi connectivity index (χ0) is 26.2. The number of fused-ring (bicyclic) bond motifs is 1. The quantitative estimate of drug-likeness (QED) is 0.340. The molecule has 1 aromatic heterocycles. The lowest BCUT2D eigenvalue weighted by atomic mass is 9.81. The Morgan fingerprint density at radius 1 is 1.22 bits per heavy atom. The second kappa shape index (κ2) is 10.1. The molecule has 3 heterocycles. The van der Waals surface area contributed by atoms with Gasteiger partial charge in [-0.05, 0) is 75.2 Å². The number of hydrogen-bond acceptors (Lipinski definition) is 8. The Balaban J connectivity index is 1.35. The predicted molar refractivity (Wildman–Crippen MR) is 143 cm³/mol. The number of ether oxygens (including phenoxy) is 2. The van der Waals surface area contributed by atoms with Crippen LogP contribution in [0.3, 0.4) is 0 Å². The van der Waals surface area contributed by atoms with E-state index in [-0.39, 0.29) is 11.3 Å². The molecule has 1 atom stereocenters. The van der Waals surface area contributed by atoms with Gasteiger partial charge in [-0.15, -0.1) is 0 Å². The molecule has 194 valence electrons. The van der Waals surface area contributed by atoms with Crippen molar-refractivity contribution in [2.45, 2.75) is 58.3 Å². The van der Waals surface area contributed by atoms with Crippen LogP contribution in [0, 0.1) is 19.3 Å². The molecule has 1 fully saturated rings. The molecule has 2 aromatic carbocycles. The highest BCUT2D eigenvalue weighted by Gasteiger charge is 2.42. The number of hydrogen-bond donors (Lipinski definition) is 3. The molecule has 2 aliphatic rings. The SMILES string of the molecule is CCN1CCC2(CC1)CC(O)c1cc(C(=N)c3cc(OCc4c(C)cnnc4C)ccc3N)ccc1O2. The van der Waals surface area contributed by atoms with Crippen LogP contribution in [-0.2, 0) is 6.61 Å². The molecule has 4 N–H and O–H groups in total. The molecule has 0 amide bonds. The first kappa shape index (κ1) is 25.2. The highest BCUT2D eigenvalue weighted by molar-refractivity contribution is 6.14. The Bertz CT molecular complexity index is 1300. The maximum absolute atomic E-state index is 11.1. The van der Waals surface area contributed by atoms with Gasteiger partial charge in [0.05, 0.1) is 23.7 Å².